The molecule has 8 heteroatoms. The monoisotopic (exact) mass is 309 g/mol. The van der Waals surface area contributed by atoms with Crippen LogP contribution in [-0.4, -0.2) is 18.5 Å². The predicted molar refractivity (Wildman–Crippen MR) is 72.9 cm³/mol. The number of nitrogens with zero attached hydrogens (tertiary/aromatic N) is 2. The molecule has 0 spiro atoms. The number of aromatic nitrogens is 1. The van der Waals surface area contributed by atoms with Crippen LogP contribution in [0.25, 0.3) is 0 Å². The highest BCUT2D eigenvalue weighted by atomic mass is 35.5. The molecule has 0 unspecified atom stereocenters. The van der Waals surface area contributed by atoms with Crippen LogP contribution in [0.2, 0.25) is 5.02 Å². The molecular formula is C12H8ClN3O3S. The lowest BCUT2D eigenvalue weighted by Gasteiger charge is -2.09. The molecule has 0 saturated heterocycles. The van der Waals surface area contributed by atoms with Gasteiger partial charge in [0.2, 0.25) is 0 Å². The minimum absolute atomic E-state index is 0.0110. The van der Waals surface area contributed by atoms with E-state index in [9.17, 15) is 13.5 Å². The summed E-state index contributed by atoms with van der Waals surface area (Å²) >= 11 is 5.70. The van der Waals surface area contributed by atoms with Gasteiger partial charge in [0.15, 0.2) is 5.69 Å². The van der Waals surface area contributed by atoms with Crippen LogP contribution in [0.5, 0.6) is 5.75 Å². The molecule has 0 aliphatic carbocycles. The van der Waals surface area contributed by atoms with Crippen LogP contribution in [-0.2, 0) is 10.0 Å². The number of halogens is 1. The molecule has 0 radical (unpaired) electrons. The molecule has 1 aromatic carbocycles. The lowest BCUT2D eigenvalue weighted by Crippen LogP contribution is -2.14. The molecule has 6 nitrogen and oxygen atoms in total. The van der Waals surface area contributed by atoms with Crippen molar-refractivity contribution in [3.63, 3.8) is 0 Å². The van der Waals surface area contributed by atoms with E-state index in [0.29, 0.717) is 0 Å². The van der Waals surface area contributed by atoms with Gasteiger partial charge in [-0.2, -0.15) is 5.26 Å². The smallest absolute Gasteiger partial charge is 0.264 e. The van der Waals surface area contributed by atoms with Gasteiger partial charge in [-0.25, -0.2) is 13.4 Å². The Morgan fingerprint density at radius 2 is 2.10 bits per heavy atom. The Labute approximate surface area is 120 Å². The van der Waals surface area contributed by atoms with E-state index in [4.69, 9.17) is 16.9 Å². The maximum atomic E-state index is 12.2. The maximum Gasteiger partial charge on any atom is 0.264 e. The molecule has 1 aromatic heterocycles. The Bertz CT molecular complexity index is 800. The van der Waals surface area contributed by atoms with Crippen LogP contribution in [0.1, 0.15) is 5.69 Å². The molecule has 20 heavy (non-hydrogen) atoms. The standard InChI is InChI=1S/C12H8ClN3O3S/c13-9-6-8(3-4-11(9)17)16-20(18,19)12-2-1-5-15-10(12)7-14/h1-6,16-17H. The number of phenols is 1. The Morgan fingerprint density at radius 3 is 2.75 bits per heavy atom. The van der Waals surface area contributed by atoms with Crippen molar-refractivity contribution in [1.29, 1.82) is 5.26 Å². The van der Waals surface area contributed by atoms with Crippen molar-refractivity contribution in [2.75, 3.05) is 4.72 Å². The van der Waals surface area contributed by atoms with Gasteiger partial charge in [-0.1, -0.05) is 11.6 Å². The van der Waals surface area contributed by atoms with Gasteiger partial charge in [-0.15, -0.1) is 0 Å². The Balaban J connectivity index is 2.41. The van der Waals surface area contributed by atoms with Gasteiger partial charge in [-0.3, -0.25) is 4.72 Å². The summed E-state index contributed by atoms with van der Waals surface area (Å²) in [6.45, 7) is 0. The fourth-order valence-electron chi connectivity index (χ4n) is 1.47. The molecule has 2 aromatic rings. The molecule has 2 rings (SSSR count). The number of hydrogen-bond donors (Lipinski definition) is 2. The number of nitrogens with one attached hydrogen (secondary N) is 1. The number of phenolic OH excluding ortho intramolecular Hbond substituents is 1. The number of rotatable bonds is 3. The van der Waals surface area contributed by atoms with Gasteiger partial charge < -0.3 is 5.11 Å². The van der Waals surface area contributed by atoms with Crippen LogP contribution in [0.4, 0.5) is 5.69 Å². The van der Waals surface area contributed by atoms with Gasteiger partial charge in [-0.05, 0) is 30.3 Å². The zero-order valence-electron chi connectivity index (χ0n) is 9.91. The highest BCUT2D eigenvalue weighted by Gasteiger charge is 2.19. The summed E-state index contributed by atoms with van der Waals surface area (Å²) in [7, 11) is -3.96. The fourth-order valence-corrected chi connectivity index (χ4v) is 2.81. The Morgan fingerprint density at radius 1 is 1.35 bits per heavy atom. The van der Waals surface area contributed by atoms with Crippen LogP contribution in [0, 0.1) is 11.3 Å². The van der Waals surface area contributed by atoms with Crippen molar-refractivity contribution in [1.82, 2.24) is 4.98 Å². The number of benzene rings is 1. The summed E-state index contributed by atoms with van der Waals surface area (Å²) < 4.78 is 26.6. The number of pyridine rings is 1. The van der Waals surface area contributed by atoms with E-state index in [-0.39, 0.29) is 27.0 Å². The van der Waals surface area contributed by atoms with E-state index < -0.39 is 10.0 Å². The molecular weight excluding hydrogens is 302 g/mol. The third-order valence-corrected chi connectivity index (χ3v) is 4.08. The third kappa shape index (κ3) is 2.82. The maximum absolute atomic E-state index is 12.2. The van der Waals surface area contributed by atoms with Crippen molar-refractivity contribution in [3.05, 3.63) is 47.2 Å². The first-order valence-electron chi connectivity index (χ1n) is 5.30. The average molecular weight is 310 g/mol. The summed E-state index contributed by atoms with van der Waals surface area (Å²) in [6, 6.07) is 8.27. The van der Waals surface area contributed by atoms with Crippen molar-refractivity contribution < 1.29 is 13.5 Å². The van der Waals surface area contributed by atoms with Gasteiger partial charge >= 0.3 is 0 Å². The van der Waals surface area contributed by atoms with E-state index in [1.54, 1.807) is 6.07 Å². The molecule has 0 amide bonds. The number of aromatic hydroxyl groups is 1. The topological polar surface area (TPSA) is 103 Å². The molecule has 0 aliphatic rings. The molecule has 2 N–H and O–H groups in total. The summed E-state index contributed by atoms with van der Waals surface area (Å²) in [6.07, 6.45) is 1.33. The van der Waals surface area contributed by atoms with Gasteiger partial charge in [0.1, 0.15) is 16.7 Å². The number of sulfonamides is 1. The Hall–Kier alpha value is -2.30. The molecule has 0 fully saturated rings. The van der Waals surface area contributed by atoms with E-state index in [1.165, 1.54) is 36.5 Å². The zero-order chi connectivity index (χ0) is 14.8. The highest BCUT2D eigenvalue weighted by Crippen LogP contribution is 2.27. The largest absolute Gasteiger partial charge is 0.506 e. The summed E-state index contributed by atoms with van der Waals surface area (Å²) in [4.78, 5) is 3.46. The number of hydrogen-bond acceptors (Lipinski definition) is 5. The van der Waals surface area contributed by atoms with Crippen LogP contribution in [0.15, 0.2) is 41.4 Å². The van der Waals surface area contributed by atoms with Crippen molar-refractivity contribution >= 4 is 27.3 Å². The van der Waals surface area contributed by atoms with Crippen LogP contribution >= 0.6 is 11.6 Å². The molecule has 0 aliphatic heterocycles. The number of nitriles is 1. The second-order valence-corrected chi connectivity index (χ2v) is 5.79. The van der Waals surface area contributed by atoms with Gasteiger partial charge in [0.25, 0.3) is 10.0 Å². The average Bonchev–Trinajstić information content (AvgIpc) is 2.42. The second-order valence-electron chi connectivity index (χ2n) is 3.73. The zero-order valence-corrected chi connectivity index (χ0v) is 11.5. The second kappa shape index (κ2) is 5.36. The van der Waals surface area contributed by atoms with Crippen molar-refractivity contribution in [3.8, 4) is 11.8 Å². The lowest BCUT2D eigenvalue weighted by molar-refractivity contribution is 0.475. The first kappa shape index (κ1) is 14.1. The van der Waals surface area contributed by atoms with Crippen molar-refractivity contribution in [2.24, 2.45) is 0 Å². The van der Waals surface area contributed by atoms with E-state index >= 15 is 0 Å². The molecule has 0 bridgehead atoms. The summed E-state index contributed by atoms with van der Waals surface area (Å²) in [5.41, 5.74) is -0.0366. The SMILES string of the molecule is N#Cc1ncccc1S(=O)(=O)Nc1ccc(O)c(Cl)c1. The molecule has 0 atom stereocenters. The minimum atomic E-state index is -3.96. The summed E-state index contributed by atoms with van der Waals surface area (Å²) in [5.74, 6) is -0.159. The Kier molecular flexibility index (Phi) is 3.79. The lowest BCUT2D eigenvalue weighted by atomic mass is 10.3. The molecule has 102 valence electrons. The predicted octanol–water partition coefficient (Wildman–Crippen LogP) is 2.11. The van der Waals surface area contributed by atoms with Crippen LogP contribution in [0.3, 0.4) is 0 Å². The minimum Gasteiger partial charge on any atom is -0.506 e. The highest BCUT2D eigenvalue weighted by molar-refractivity contribution is 7.92. The first-order valence-corrected chi connectivity index (χ1v) is 7.16. The van der Waals surface area contributed by atoms with E-state index in [0.717, 1.165) is 0 Å². The number of anilines is 1. The van der Waals surface area contributed by atoms with Gasteiger partial charge in [0.05, 0.1) is 10.7 Å². The summed E-state index contributed by atoms with van der Waals surface area (Å²) in [5, 5.41) is 18.2. The van der Waals surface area contributed by atoms with Crippen molar-refractivity contribution in [2.45, 2.75) is 4.90 Å². The molecule has 0 saturated carbocycles. The normalized spacial score (nSPS) is 10.8. The quantitative estimate of drug-likeness (QED) is 0.845. The fraction of sp³-hybridized carbons (Fsp3) is 0. The molecule has 1 heterocycles. The van der Waals surface area contributed by atoms with E-state index in [2.05, 4.69) is 9.71 Å². The first-order chi connectivity index (χ1) is 9.44. The van der Waals surface area contributed by atoms with Crippen LogP contribution < -0.4 is 4.72 Å². The third-order valence-electron chi connectivity index (χ3n) is 2.37. The van der Waals surface area contributed by atoms with E-state index in [1.807, 2.05) is 0 Å². The van der Waals surface area contributed by atoms with Gasteiger partial charge in [0, 0.05) is 6.20 Å².